The fourth-order valence-electron chi connectivity index (χ4n) is 3.48. The van der Waals surface area contributed by atoms with E-state index in [0.29, 0.717) is 29.6 Å². The van der Waals surface area contributed by atoms with Gasteiger partial charge in [-0.25, -0.2) is 9.59 Å². The number of esters is 3. The summed E-state index contributed by atoms with van der Waals surface area (Å²) in [4.78, 5) is 36.7. The minimum absolute atomic E-state index is 0.0551. The zero-order valence-corrected chi connectivity index (χ0v) is 17.4. The normalized spacial score (nSPS) is 29.2. The molecule has 0 amide bonds. The zero-order chi connectivity index (χ0) is 22.4. The quantitative estimate of drug-likeness (QED) is 0.297. The van der Waals surface area contributed by atoms with Gasteiger partial charge in [0.15, 0.2) is 12.2 Å². The molecule has 1 saturated heterocycles. The van der Waals surface area contributed by atoms with E-state index >= 15 is 0 Å². The van der Waals surface area contributed by atoms with Crippen molar-refractivity contribution in [3.05, 3.63) is 47.1 Å². The first-order valence-electron chi connectivity index (χ1n) is 9.74. The van der Waals surface area contributed by atoms with Crippen molar-refractivity contribution in [2.75, 3.05) is 13.2 Å². The Balaban J connectivity index is 2.64. The lowest BCUT2D eigenvalue weighted by Gasteiger charge is -2.33. The van der Waals surface area contributed by atoms with E-state index in [4.69, 9.17) is 14.2 Å². The standard InChI is InChI=1S/C22H28O8/c1-5-12(2)21(26)30-20-18-13(3)22(27)29-17(18)9-15(10-23)7-6-8-16(11-24)19(20)28-14(4)25/h5,8-9,17-20,23-24H,3,6-7,10-11H2,1-2,4H3/b12-5-,15-9-,16-8?/t17-,18+,19+,20+/m1/s1. The predicted molar refractivity (Wildman–Crippen MR) is 107 cm³/mol. The molecule has 1 fully saturated rings. The molecule has 0 spiro atoms. The lowest BCUT2D eigenvalue weighted by Crippen LogP contribution is -2.45. The van der Waals surface area contributed by atoms with Gasteiger partial charge in [0.25, 0.3) is 0 Å². The maximum Gasteiger partial charge on any atom is 0.334 e. The van der Waals surface area contributed by atoms with Crippen LogP contribution in [0.5, 0.6) is 0 Å². The summed E-state index contributed by atoms with van der Waals surface area (Å²) in [5.41, 5.74) is 1.33. The Bertz CT molecular complexity index is 804. The van der Waals surface area contributed by atoms with Gasteiger partial charge in [-0.15, -0.1) is 0 Å². The highest BCUT2D eigenvalue weighted by molar-refractivity contribution is 5.92. The number of fused-ring (bicyclic) bond motifs is 1. The van der Waals surface area contributed by atoms with Crippen molar-refractivity contribution in [2.24, 2.45) is 5.92 Å². The van der Waals surface area contributed by atoms with Crippen molar-refractivity contribution in [1.29, 1.82) is 0 Å². The van der Waals surface area contributed by atoms with Crippen molar-refractivity contribution in [1.82, 2.24) is 0 Å². The molecule has 164 valence electrons. The Morgan fingerprint density at radius 1 is 1.27 bits per heavy atom. The van der Waals surface area contributed by atoms with Crippen LogP contribution < -0.4 is 0 Å². The summed E-state index contributed by atoms with van der Waals surface area (Å²) in [7, 11) is 0. The number of aliphatic hydroxyl groups is 2. The first kappa shape index (κ1) is 23.6. The average molecular weight is 420 g/mol. The van der Waals surface area contributed by atoms with Gasteiger partial charge in [0.05, 0.1) is 19.1 Å². The Morgan fingerprint density at radius 3 is 2.53 bits per heavy atom. The van der Waals surface area contributed by atoms with Crippen LogP contribution in [-0.2, 0) is 28.6 Å². The second-order valence-electron chi connectivity index (χ2n) is 7.25. The van der Waals surface area contributed by atoms with E-state index in [1.165, 1.54) is 6.92 Å². The minimum atomic E-state index is -1.17. The lowest BCUT2D eigenvalue weighted by atomic mass is 9.83. The van der Waals surface area contributed by atoms with Crippen LogP contribution in [0.1, 0.15) is 33.6 Å². The van der Waals surface area contributed by atoms with Crippen LogP contribution in [0.15, 0.2) is 47.1 Å². The number of rotatable bonds is 5. The van der Waals surface area contributed by atoms with E-state index in [1.807, 2.05) is 0 Å². The highest BCUT2D eigenvalue weighted by Gasteiger charge is 2.49. The van der Waals surface area contributed by atoms with Crippen LogP contribution in [0, 0.1) is 5.92 Å². The third-order valence-corrected chi connectivity index (χ3v) is 5.23. The van der Waals surface area contributed by atoms with Crippen molar-refractivity contribution in [3.8, 4) is 0 Å². The van der Waals surface area contributed by atoms with Gasteiger partial charge in [0.1, 0.15) is 6.10 Å². The van der Waals surface area contributed by atoms with Gasteiger partial charge in [0.2, 0.25) is 0 Å². The number of carbonyl (C=O) groups is 3. The molecule has 2 aliphatic rings. The zero-order valence-electron chi connectivity index (χ0n) is 17.4. The van der Waals surface area contributed by atoms with E-state index in [2.05, 4.69) is 6.58 Å². The highest BCUT2D eigenvalue weighted by Crippen LogP contribution is 2.37. The molecule has 8 heteroatoms. The van der Waals surface area contributed by atoms with Gasteiger partial charge in [-0.1, -0.05) is 18.7 Å². The predicted octanol–water partition coefficient (Wildman–Crippen LogP) is 1.53. The fraction of sp³-hybridized carbons (Fsp3) is 0.500. The van der Waals surface area contributed by atoms with Crippen LogP contribution in [0.3, 0.4) is 0 Å². The van der Waals surface area contributed by atoms with E-state index in [9.17, 15) is 24.6 Å². The molecule has 2 N–H and O–H groups in total. The molecule has 2 rings (SSSR count). The van der Waals surface area contributed by atoms with Gasteiger partial charge < -0.3 is 24.4 Å². The number of carbonyl (C=O) groups excluding carboxylic acids is 3. The number of hydrogen-bond donors (Lipinski definition) is 2. The summed E-state index contributed by atoms with van der Waals surface area (Å²) in [5, 5.41) is 19.6. The average Bonchev–Trinajstić information content (AvgIpc) is 2.99. The Hall–Kier alpha value is -2.71. The van der Waals surface area contributed by atoms with Crippen LogP contribution in [0.25, 0.3) is 0 Å². The first-order valence-corrected chi connectivity index (χ1v) is 9.74. The number of hydrogen-bond acceptors (Lipinski definition) is 8. The number of aliphatic hydroxyl groups excluding tert-OH is 2. The fourth-order valence-corrected chi connectivity index (χ4v) is 3.48. The molecule has 0 aromatic rings. The molecule has 0 unspecified atom stereocenters. The van der Waals surface area contributed by atoms with Crippen LogP contribution in [-0.4, -0.2) is 59.6 Å². The summed E-state index contributed by atoms with van der Waals surface area (Å²) < 4.78 is 16.6. The topological polar surface area (TPSA) is 119 Å². The minimum Gasteiger partial charge on any atom is -0.454 e. The maximum atomic E-state index is 12.6. The van der Waals surface area contributed by atoms with Crippen molar-refractivity contribution in [2.45, 2.75) is 51.9 Å². The van der Waals surface area contributed by atoms with Crippen LogP contribution >= 0.6 is 0 Å². The molecule has 8 nitrogen and oxygen atoms in total. The van der Waals surface area contributed by atoms with E-state index in [1.54, 1.807) is 32.1 Å². The SMILES string of the molecule is C=C1C(=O)O[C@@H]2/C=C(\CO)CCC=C(CO)[C@H](OC(C)=O)[C@@H](OC(=O)/C(C)=C\C)[C@@H]12. The smallest absolute Gasteiger partial charge is 0.334 e. The Kier molecular flexibility index (Phi) is 8.14. The molecule has 4 atom stereocenters. The third kappa shape index (κ3) is 5.25. The molecule has 0 radical (unpaired) electrons. The third-order valence-electron chi connectivity index (χ3n) is 5.23. The molecule has 30 heavy (non-hydrogen) atoms. The lowest BCUT2D eigenvalue weighted by molar-refractivity contribution is -0.166. The summed E-state index contributed by atoms with van der Waals surface area (Å²) in [6.07, 6.45) is 2.57. The van der Waals surface area contributed by atoms with Gasteiger partial charge in [-0.3, -0.25) is 4.79 Å². The number of ether oxygens (including phenoxy) is 3. The van der Waals surface area contributed by atoms with E-state index in [0.717, 1.165) is 0 Å². The second kappa shape index (κ2) is 10.4. The summed E-state index contributed by atoms with van der Waals surface area (Å²) in [5.74, 6) is -2.84. The largest absolute Gasteiger partial charge is 0.454 e. The second-order valence-corrected chi connectivity index (χ2v) is 7.25. The molecule has 1 aliphatic heterocycles. The molecular weight excluding hydrogens is 392 g/mol. The van der Waals surface area contributed by atoms with E-state index in [-0.39, 0.29) is 12.2 Å². The van der Waals surface area contributed by atoms with Crippen molar-refractivity contribution in [3.63, 3.8) is 0 Å². The molecular formula is C22H28O8. The van der Waals surface area contributed by atoms with E-state index < -0.39 is 48.7 Å². The summed E-state index contributed by atoms with van der Waals surface area (Å²) in [6.45, 7) is 7.54. The van der Waals surface area contributed by atoms with Crippen LogP contribution in [0.2, 0.25) is 0 Å². The monoisotopic (exact) mass is 420 g/mol. The van der Waals surface area contributed by atoms with Gasteiger partial charge in [0, 0.05) is 18.1 Å². The summed E-state index contributed by atoms with van der Waals surface area (Å²) >= 11 is 0. The maximum absolute atomic E-state index is 12.6. The first-order chi connectivity index (χ1) is 14.2. The van der Waals surface area contributed by atoms with Crippen molar-refractivity contribution >= 4 is 17.9 Å². The van der Waals surface area contributed by atoms with Gasteiger partial charge in [-0.2, -0.15) is 0 Å². The molecule has 0 saturated carbocycles. The molecule has 1 aliphatic carbocycles. The molecule has 0 aromatic carbocycles. The van der Waals surface area contributed by atoms with Gasteiger partial charge >= 0.3 is 17.9 Å². The Morgan fingerprint density at radius 2 is 1.97 bits per heavy atom. The highest BCUT2D eigenvalue weighted by atomic mass is 16.6. The number of allylic oxidation sites excluding steroid dienone is 2. The summed E-state index contributed by atoms with van der Waals surface area (Å²) in [6, 6.07) is 0. The molecule has 0 aromatic heterocycles. The van der Waals surface area contributed by atoms with Crippen LogP contribution in [0.4, 0.5) is 0 Å². The Labute approximate surface area is 175 Å². The molecule has 1 heterocycles. The van der Waals surface area contributed by atoms with Gasteiger partial charge in [-0.05, 0) is 43.9 Å². The molecule has 0 bridgehead atoms. The van der Waals surface area contributed by atoms with Crippen molar-refractivity contribution < 1.29 is 38.8 Å².